The zero-order valence-corrected chi connectivity index (χ0v) is 22.2. The number of thioether (sulfide) groups is 1. The molecule has 2 N–H and O–H groups in total. The number of piperidine rings is 1. The number of hydrogen-bond donors (Lipinski definition) is 2. The van der Waals surface area contributed by atoms with Crippen LogP contribution in [0.5, 0.6) is 0 Å². The van der Waals surface area contributed by atoms with Gasteiger partial charge in [-0.2, -0.15) is 17.0 Å². The van der Waals surface area contributed by atoms with E-state index in [1.807, 2.05) is 64.8 Å². The molecule has 2 fully saturated rings. The minimum absolute atomic E-state index is 0.0895. The molecule has 2 aliphatic heterocycles. The number of aryl methyl sites for hydroxylation is 1. The molecule has 1 unspecified atom stereocenters. The summed E-state index contributed by atoms with van der Waals surface area (Å²) in [6.07, 6.45) is 3.67. The van der Waals surface area contributed by atoms with Crippen LogP contribution in [-0.2, 0) is 15.5 Å². The lowest BCUT2D eigenvalue weighted by atomic mass is 9.96. The van der Waals surface area contributed by atoms with E-state index < -0.39 is 11.8 Å². The summed E-state index contributed by atoms with van der Waals surface area (Å²) in [5.74, 6) is 0.986. The summed E-state index contributed by atoms with van der Waals surface area (Å²) in [5, 5.41) is 15.9. The van der Waals surface area contributed by atoms with Gasteiger partial charge in [-0.1, -0.05) is 30.3 Å². The minimum Gasteiger partial charge on any atom is -0.358 e. The Bertz CT molecular complexity index is 1130. The fourth-order valence-electron chi connectivity index (χ4n) is 4.75. The Labute approximate surface area is 221 Å². The molecule has 0 aliphatic carbocycles. The first kappa shape index (κ1) is 26.4. The Morgan fingerprint density at radius 3 is 2.75 bits per heavy atom. The second-order valence-electron chi connectivity index (χ2n) is 9.07. The predicted octanol–water partition coefficient (Wildman–Crippen LogP) is 4.52. The number of amides is 2. The van der Waals surface area contributed by atoms with Gasteiger partial charge in [-0.05, 0) is 67.5 Å². The fourth-order valence-corrected chi connectivity index (χ4v) is 5.77. The highest BCUT2D eigenvalue weighted by atomic mass is 32.2. The molecular formula is C26H31N5O3S2. The highest BCUT2D eigenvalue weighted by Gasteiger charge is 2.51. The van der Waals surface area contributed by atoms with Crippen LogP contribution in [0.3, 0.4) is 0 Å². The Kier molecular flexibility index (Phi) is 8.80. The van der Waals surface area contributed by atoms with Gasteiger partial charge in [0.05, 0.1) is 23.3 Å². The number of nitrogens with zero attached hydrogens (tertiary/aromatic N) is 3. The normalized spacial score (nSPS) is 19.3. The van der Waals surface area contributed by atoms with Crippen molar-refractivity contribution in [3.63, 3.8) is 0 Å². The molecule has 2 aliphatic rings. The van der Waals surface area contributed by atoms with Crippen LogP contribution >= 0.6 is 24.0 Å². The molecule has 1 spiro atoms. The molecule has 2 aromatic carbocycles. The summed E-state index contributed by atoms with van der Waals surface area (Å²) >= 11 is 2.77. The molecule has 0 saturated carbocycles. The molecule has 2 saturated heterocycles. The molecule has 2 aromatic rings. The van der Waals surface area contributed by atoms with Gasteiger partial charge in [-0.15, -0.1) is 0 Å². The zero-order chi connectivity index (χ0) is 25.5. The Morgan fingerprint density at radius 2 is 2.03 bits per heavy atom. The van der Waals surface area contributed by atoms with Crippen LogP contribution in [0.15, 0.2) is 48.5 Å². The average molecular weight is 526 g/mol. The molecule has 1 atom stereocenters. The average Bonchev–Trinajstić information content (AvgIpc) is 3.13. The summed E-state index contributed by atoms with van der Waals surface area (Å²) in [7, 11) is 0. The van der Waals surface area contributed by atoms with Crippen LogP contribution in [0.25, 0.3) is 0 Å². The van der Waals surface area contributed by atoms with Crippen molar-refractivity contribution >= 4 is 41.7 Å². The largest absolute Gasteiger partial charge is 0.425 e. The lowest BCUT2D eigenvalue weighted by Gasteiger charge is -2.43. The smallest absolute Gasteiger partial charge is 0.358 e. The minimum atomic E-state index is -0.521. The van der Waals surface area contributed by atoms with E-state index in [2.05, 4.69) is 16.7 Å². The molecule has 0 bridgehead atoms. The third kappa shape index (κ3) is 6.16. The highest BCUT2D eigenvalue weighted by Crippen LogP contribution is 2.37. The van der Waals surface area contributed by atoms with Crippen molar-refractivity contribution in [2.75, 3.05) is 30.4 Å². The number of anilines is 1. The monoisotopic (exact) mass is 525 g/mol. The van der Waals surface area contributed by atoms with Crippen LogP contribution in [0, 0.1) is 18.3 Å². The highest BCUT2D eigenvalue weighted by molar-refractivity contribution is 7.98. The summed E-state index contributed by atoms with van der Waals surface area (Å²) < 4.78 is 7.38. The van der Waals surface area contributed by atoms with Gasteiger partial charge >= 0.3 is 6.09 Å². The van der Waals surface area contributed by atoms with Crippen LogP contribution in [0.4, 0.5) is 10.5 Å². The van der Waals surface area contributed by atoms with E-state index in [0.29, 0.717) is 43.7 Å². The van der Waals surface area contributed by atoms with E-state index in [1.54, 1.807) is 17.8 Å². The van der Waals surface area contributed by atoms with Crippen molar-refractivity contribution in [2.45, 2.75) is 44.4 Å². The van der Waals surface area contributed by atoms with Crippen molar-refractivity contribution < 1.29 is 13.8 Å². The molecule has 0 radical (unpaired) electrons. The maximum atomic E-state index is 13.5. The van der Waals surface area contributed by atoms with Gasteiger partial charge in [0.2, 0.25) is 5.91 Å². The predicted molar refractivity (Wildman–Crippen MR) is 144 cm³/mol. The van der Waals surface area contributed by atoms with Crippen molar-refractivity contribution in [1.82, 2.24) is 14.5 Å². The van der Waals surface area contributed by atoms with E-state index in [9.17, 15) is 14.9 Å². The van der Waals surface area contributed by atoms with E-state index in [0.717, 1.165) is 35.5 Å². The third-order valence-corrected chi connectivity index (χ3v) is 8.08. The number of carbonyl (C=O) groups is 2. The lowest BCUT2D eigenvalue weighted by Crippen LogP contribution is -2.57. The van der Waals surface area contributed by atoms with Gasteiger partial charge in [0.25, 0.3) is 0 Å². The number of nitrogens with one attached hydrogen (secondary N) is 2. The van der Waals surface area contributed by atoms with Crippen molar-refractivity contribution in [2.24, 2.45) is 0 Å². The van der Waals surface area contributed by atoms with Gasteiger partial charge in [0.1, 0.15) is 0 Å². The van der Waals surface area contributed by atoms with E-state index >= 15 is 0 Å². The topological polar surface area (TPSA) is 97.7 Å². The Hall–Kier alpha value is -2.71. The maximum Gasteiger partial charge on any atom is 0.425 e. The van der Waals surface area contributed by atoms with Gasteiger partial charge in [-0.3, -0.25) is 15.4 Å². The molecule has 4 rings (SSSR count). The maximum absolute atomic E-state index is 13.5. The summed E-state index contributed by atoms with van der Waals surface area (Å²) in [5.41, 5.74) is 2.71. The lowest BCUT2D eigenvalue weighted by molar-refractivity contribution is -0.134. The van der Waals surface area contributed by atoms with E-state index in [4.69, 9.17) is 4.18 Å². The standard InChI is InChI=1S/C26H31N5O3S2/c1-19-6-5-9-22(16-19)28-25(33)34-36-30-13-11-26(12-14-30)29-23(10-15-35-2)24(32)31(26)18-21-8-4-3-7-20(21)17-27/h3-9,16,23,29H,10-15,18H2,1-2H3,(H,28,33). The fraction of sp³-hybridized carbons (Fsp3) is 0.423. The van der Waals surface area contributed by atoms with Gasteiger partial charge in [-0.25, -0.2) is 9.10 Å². The first-order chi connectivity index (χ1) is 17.4. The number of benzene rings is 2. The van der Waals surface area contributed by atoms with Crippen molar-refractivity contribution in [3.8, 4) is 6.07 Å². The molecule has 2 amide bonds. The van der Waals surface area contributed by atoms with Gasteiger partial charge in [0.15, 0.2) is 12.2 Å². The third-order valence-electron chi connectivity index (χ3n) is 6.63. The molecule has 8 nitrogen and oxygen atoms in total. The quantitative estimate of drug-likeness (QED) is 0.383. The van der Waals surface area contributed by atoms with E-state index in [-0.39, 0.29) is 11.9 Å². The Balaban J connectivity index is 1.39. The molecule has 36 heavy (non-hydrogen) atoms. The number of carbonyl (C=O) groups excluding carboxylic acids is 2. The van der Waals surface area contributed by atoms with Crippen LogP contribution < -0.4 is 10.6 Å². The van der Waals surface area contributed by atoms with Crippen LogP contribution in [0.2, 0.25) is 0 Å². The first-order valence-electron chi connectivity index (χ1n) is 12.0. The first-order valence-corrected chi connectivity index (χ1v) is 14.1. The van der Waals surface area contributed by atoms with Crippen molar-refractivity contribution in [3.05, 3.63) is 65.2 Å². The number of rotatable bonds is 8. The van der Waals surface area contributed by atoms with Gasteiger partial charge < -0.3 is 9.08 Å². The van der Waals surface area contributed by atoms with Crippen molar-refractivity contribution in [1.29, 1.82) is 5.26 Å². The Morgan fingerprint density at radius 1 is 1.25 bits per heavy atom. The molecule has 2 heterocycles. The van der Waals surface area contributed by atoms with Gasteiger partial charge in [0, 0.05) is 25.3 Å². The second-order valence-corrected chi connectivity index (χ2v) is 10.9. The summed E-state index contributed by atoms with van der Waals surface area (Å²) in [6, 6.07) is 17.0. The molecule has 0 aromatic heterocycles. The zero-order valence-electron chi connectivity index (χ0n) is 20.5. The number of hydrogen-bond acceptors (Lipinski definition) is 8. The number of nitriles is 1. The van der Waals surface area contributed by atoms with Crippen LogP contribution in [-0.4, -0.2) is 58.0 Å². The molecule has 190 valence electrons. The van der Waals surface area contributed by atoms with E-state index in [1.165, 1.54) is 0 Å². The summed E-state index contributed by atoms with van der Waals surface area (Å²) in [4.78, 5) is 27.6. The second kappa shape index (κ2) is 12.0. The molecule has 10 heteroatoms. The molecular weight excluding hydrogens is 494 g/mol. The van der Waals surface area contributed by atoms with Crippen LogP contribution in [0.1, 0.15) is 36.0 Å². The SMILES string of the molecule is CSCCC1NC2(CCN(SOC(=O)Nc3cccc(C)c3)CC2)N(Cc2ccccc2C#N)C1=O. The summed E-state index contributed by atoms with van der Waals surface area (Å²) in [6.45, 7) is 3.65.